The molecule has 0 saturated heterocycles. The minimum atomic E-state index is -4.55. The zero-order valence-electron chi connectivity index (χ0n) is 22.7. The molecule has 0 amide bonds. The van der Waals surface area contributed by atoms with Crippen molar-refractivity contribution in [3.8, 4) is 0 Å². The number of carbonyl (C=O) groups excluding carboxylic acids is 2. The molecule has 10 heteroatoms. The summed E-state index contributed by atoms with van der Waals surface area (Å²) in [4.78, 5) is 30.5. The molecule has 0 aromatic carbocycles. The number of hydrogen-bond acceptors (Lipinski definition) is 7. The maximum Gasteiger partial charge on any atom is 0.412 e. The van der Waals surface area contributed by atoms with E-state index in [1.165, 1.54) is 25.2 Å². The van der Waals surface area contributed by atoms with Crippen LogP contribution >= 0.6 is 11.3 Å². The first-order valence-corrected chi connectivity index (χ1v) is 13.9. The van der Waals surface area contributed by atoms with Gasteiger partial charge in [0.2, 0.25) is 0 Å². The number of Topliss-reactive ketones (excluding diaryl/α,β-unsaturated/α-hetero) is 1. The summed E-state index contributed by atoms with van der Waals surface area (Å²) in [6.07, 6.45) is -5.66. The number of aliphatic hydroxyl groups excluding tert-OH is 2. The average molecular weight is 558 g/mol. The van der Waals surface area contributed by atoms with Gasteiger partial charge in [0.1, 0.15) is 11.9 Å². The van der Waals surface area contributed by atoms with Crippen LogP contribution in [0.1, 0.15) is 71.0 Å². The van der Waals surface area contributed by atoms with Crippen molar-refractivity contribution < 1.29 is 37.7 Å². The number of fused-ring (bicyclic) bond motifs is 1. The Morgan fingerprint density at radius 1 is 1.21 bits per heavy atom. The van der Waals surface area contributed by atoms with Gasteiger partial charge < -0.3 is 14.9 Å². The number of allylic oxidation sites excluding steroid dienone is 1. The van der Waals surface area contributed by atoms with E-state index in [-0.39, 0.29) is 24.7 Å². The second-order valence-corrected chi connectivity index (χ2v) is 12.5. The van der Waals surface area contributed by atoms with Crippen LogP contribution in [0.15, 0.2) is 22.6 Å². The summed E-state index contributed by atoms with van der Waals surface area (Å²) < 4.78 is 47.5. The summed E-state index contributed by atoms with van der Waals surface area (Å²) in [5.41, 5.74) is -0.909. The molecule has 3 rings (SSSR count). The molecule has 2 unspecified atom stereocenters. The highest BCUT2D eigenvalue weighted by Crippen LogP contribution is 2.51. The Balaban J connectivity index is 1.98. The van der Waals surface area contributed by atoms with E-state index in [4.69, 9.17) is 4.74 Å². The van der Waals surface area contributed by atoms with E-state index in [0.29, 0.717) is 17.7 Å². The molecule has 0 spiro atoms. The topological polar surface area (TPSA) is 96.7 Å². The van der Waals surface area contributed by atoms with Crippen molar-refractivity contribution in [1.82, 2.24) is 4.98 Å². The number of aromatic nitrogens is 1. The van der Waals surface area contributed by atoms with Crippen molar-refractivity contribution >= 4 is 29.2 Å². The standard InChI is InChI=1S/C28H38F3NO5S/c1-14(9-20-13-38-17(4)32-20)22-8-7-19(28(29,30)31)10-18-11-21(18)15(2)25(35)16(3)26(36)27(5,6)23(33)12-24(34)37-22/h7,9,13,15-16,18,21-23,25,33,35H,8,10-12H2,1-6H3/b14-9+,19-7+/t15-,16+,18?,21?,22-,23-,25-/m0/s1. The number of halogens is 3. The number of hydrogen-bond donors (Lipinski definition) is 2. The number of aryl methyl sites for hydroxylation is 1. The highest BCUT2D eigenvalue weighted by Gasteiger charge is 2.49. The Bertz CT molecular complexity index is 1090. The summed E-state index contributed by atoms with van der Waals surface area (Å²) in [6, 6.07) is 0. The van der Waals surface area contributed by atoms with Crippen LogP contribution in [0.5, 0.6) is 0 Å². The number of cyclic esters (lactones) is 1. The lowest BCUT2D eigenvalue weighted by Crippen LogP contribution is -2.46. The van der Waals surface area contributed by atoms with Crippen molar-refractivity contribution in [2.75, 3.05) is 0 Å². The summed E-state index contributed by atoms with van der Waals surface area (Å²) in [6.45, 7) is 9.86. The molecule has 0 bridgehead atoms. The molecular weight excluding hydrogens is 519 g/mol. The fourth-order valence-corrected chi connectivity index (χ4v) is 5.90. The Morgan fingerprint density at radius 3 is 2.45 bits per heavy atom. The second-order valence-electron chi connectivity index (χ2n) is 11.4. The lowest BCUT2D eigenvalue weighted by Gasteiger charge is -2.34. The molecule has 1 aliphatic heterocycles. The van der Waals surface area contributed by atoms with Gasteiger partial charge in [0, 0.05) is 23.3 Å². The summed E-state index contributed by atoms with van der Waals surface area (Å²) >= 11 is 1.42. The molecule has 1 aliphatic carbocycles. The van der Waals surface area contributed by atoms with E-state index < -0.39 is 65.5 Å². The quantitative estimate of drug-likeness (QED) is 0.360. The predicted octanol–water partition coefficient (Wildman–Crippen LogP) is 5.66. The van der Waals surface area contributed by atoms with E-state index in [9.17, 15) is 33.0 Å². The number of ether oxygens (including phenoxy) is 1. The van der Waals surface area contributed by atoms with Gasteiger partial charge in [-0.15, -0.1) is 11.3 Å². The van der Waals surface area contributed by atoms with Crippen LogP contribution in [-0.2, 0) is 14.3 Å². The number of alkyl halides is 3. The molecule has 2 heterocycles. The van der Waals surface area contributed by atoms with Crippen LogP contribution in [0.4, 0.5) is 13.2 Å². The van der Waals surface area contributed by atoms with Crippen molar-refractivity contribution in [2.24, 2.45) is 29.1 Å². The molecule has 38 heavy (non-hydrogen) atoms. The highest BCUT2D eigenvalue weighted by atomic mass is 32.1. The first-order valence-electron chi connectivity index (χ1n) is 13.0. The Hall–Kier alpha value is -2.04. The number of aliphatic hydroxyl groups is 2. The predicted molar refractivity (Wildman–Crippen MR) is 139 cm³/mol. The molecule has 1 aromatic heterocycles. The van der Waals surface area contributed by atoms with Crippen LogP contribution in [0.25, 0.3) is 6.08 Å². The number of ketones is 1. The van der Waals surface area contributed by atoms with Crippen LogP contribution in [-0.4, -0.2) is 51.4 Å². The number of thiazole rings is 1. The molecule has 1 saturated carbocycles. The maximum atomic E-state index is 14.0. The minimum absolute atomic E-state index is 0.143. The first kappa shape index (κ1) is 30.5. The van der Waals surface area contributed by atoms with E-state index in [1.54, 1.807) is 32.2 Å². The Labute approximate surface area is 226 Å². The van der Waals surface area contributed by atoms with Crippen LogP contribution < -0.4 is 0 Å². The highest BCUT2D eigenvalue weighted by molar-refractivity contribution is 7.09. The van der Waals surface area contributed by atoms with Crippen molar-refractivity contribution in [3.63, 3.8) is 0 Å². The van der Waals surface area contributed by atoms with Crippen molar-refractivity contribution in [3.05, 3.63) is 33.3 Å². The lowest BCUT2D eigenvalue weighted by molar-refractivity contribution is -0.154. The maximum absolute atomic E-state index is 14.0. The number of nitrogens with zero attached hydrogens (tertiary/aromatic N) is 1. The van der Waals surface area contributed by atoms with E-state index >= 15 is 0 Å². The van der Waals surface area contributed by atoms with Gasteiger partial charge in [-0.2, -0.15) is 13.2 Å². The molecular formula is C28H38F3NO5S. The van der Waals surface area contributed by atoms with Gasteiger partial charge in [0.05, 0.1) is 34.7 Å². The normalized spacial score (nSPS) is 35.2. The van der Waals surface area contributed by atoms with E-state index in [2.05, 4.69) is 4.98 Å². The molecule has 6 nitrogen and oxygen atoms in total. The van der Waals surface area contributed by atoms with Crippen LogP contribution in [0, 0.1) is 36.0 Å². The van der Waals surface area contributed by atoms with Gasteiger partial charge in [0.25, 0.3) is 0 Å². The van der Waals surface area contributed by atoms with Gasteiger partial charge >= 0.3 is 12.1 Å². The Kier molecular flexibility index (Phi) is 9.31. The number of esters is 1. The summed E-state index contributed by atoms with van der Waals surface area (Å²) in [5, 5.41) is 24.4. The fraction of sp³-hybridized carbons (Fsp3) is 0.679. The average Bonchev–Trinajstić information content (AvgIpc) is 3.48. The van der Waals surface area contributed by atoms with Gasteiger partial charge in [-0.1, -0.05) is 33.8 Å². The van der Waals surface area contributed by atoms with Crippen molar-refractivity contribution in [2.45, 2.75) is 91.7 Å². The number of rotatable bonds is 2. The lowest BCUT2D eigenvalue weighted by atomic mass is 9.72. The zero-order chi connectivity index (χ0) is 28.6. The smallest absolute Gasteiger partial charge is 0.412 e. The summed E-state index contributed by atoms with van der Waals surface area (Å²) in [5.74, 6) is -2.91. The van der Waals surface area contributed by atoms with E-state index in [1.807, 2.05) is 6.92 Å². The van der Waals surface area contributed by atoms with Gasteiger partial charge in [-0.3, -0.25) is 9.59 Å². The van der Waals surface area contributed by atoms with Crippen LogP contribution in [0.3, 0.4) is 0 Å². The molecule has 7 atom stereocenters. The molecule has 1 fully saturated rings. The molecule has 212 valence electrons. The zero-order valence-corrected chi connectivity index (χ0v) is 23.5. The monoisotopic (exact) mass is 557 g/mol. The second kappa shape index (κ2) is 11.6. The SMILES string of the molecule is C/C(=C\c1csc(C)n1)[C@@H]1C/C=C(/C(F)(F)F)CC2CC2[C@H](C)[C@H](O)[C@@H](C)C(=O)C(C)(C)[C@@H](O)CC(=O)O1. The number of carbonyl (C=O) groups is 2. The molecule has 0 radical (unpaired) electrons. The third kappa shape index (κ3) is 7.12. The fourth-order valence-electron chi connectivity index (χ4n) is 5.33. The van der Waals surface area contributed by atoms with Crippen LogP contribution in [0.2, 0.25) is 0 Å². The molecule has 1 aromatic rings. The molecule has 2 aliphatic rings. The summed E-state index contributed by atoms with van der Waals surface area (Å²) in [7, 11) is 0. The van der Waals surface area contributed by atoms with Gasteiger partial charge in [0.15, 0.2) is 0 Å². The first-order chi connectivity index (χ1) is 17.5. The van der Waals surface area contributed by atoms with E-state index in [0.717, 1.165) is 11.1 Å². The largest absolute Gasteiger partial charge is 0.457 e. The third-order valence-corrected chi connectivity index (χ3v) is 8.96. The minimum Gasteiger partial charge on any atom is -0.457 e. The van der Waals surface area contributed by atoms with Gasteiger partial charge in [-0.25, -0.2) is 4.98 Å². The Morgan fingerprint density at radius 2 is 1.87 bits per heavy atom. The third-order valence-electron chi connectivity index (χ3n) is 8.16. The van der Waals surface area contributed by atoms with Crippen molar-refractivity contribution in [1.29, 1.82) is 0 Å². The molecule has 2 N–H and O–H groups in total. The van der Waals surface area contributed by atoms with Gasteiger partial charge in [-0.05, 0) is 56.1 Å².